The van der Waals surface area contributed by atoms with Gasteiger partial charge in [-0.2, -0.15) is 4.98 Å². The molecule has 1 aromatic heterocycles. The molecule has 0 bridgehead atoms. The summed E-state index contributed by atoms with van der Waals surface area (Å²) in [4.78, 5) is 13.0. The summed E-state index contributed by atoms with van der Waals surface area (Å²) in [5, 5.41) is 6.73. The molecule has 0 atom stereocenters. The Labute approximate surface area is 115 Å². The highest BCUT2D eigenvalue weighted by atomic mass is 15.2. The van der Waals surface area contributed by atoms with Crippen molar-refractivity contribution in [2.45, 2.75) is 6.42 Å². The van der Waals surface area contributed by atoms with Gasteiger partial charge in [0.15, 0.2) is 0 Å². The molecule has 1 fully saturated rings. The number of hydrogen-bond acceptors (Lipinski definition) is 6. The third-order valence-corrected chi connectivity index (χ3v) is 3.21. The van der Waals surface area contributed by atoms with E-state index in [9.17, 15) is 0 Å². The Bertz CT molecular complexity index is 375. The summed E-state index contributed by atoms with van der Waals surface area (Å²) < 4.78 is 0. The SMILES string of the molecule is CN(C)c1nccc(NCCCN2CCNCC2)n1. The fourth-order valence-electron chi connectivity index (χ4n) is 2.12. The first-order valence-electron chi connectivity index (χ1n) is 6.93. The fraction of sp³-hybridized carbons (Fsp3) is 0.692. The van der Waals surface area contributed by atoms with E-state index in [1.165, 1.54) is 0 Å². The first-order valence-corrected chi connectivity index (χ1v) is 6.93. The zero-order valence-corrected chi connectivity index (χ0v) is 11.9. The third kappa shape index (κ3) is 4.65. The molecule has 1 aliphatic rings. The molecule has 1 saturated heterocycles. The molecule has 0 aliphatic carbocycles. The van der Waals surface area contributed by atoms with E-state index in [2.05, 4.69) is 25.5 Å². The van der Waals surface area contributed by atoms with Gasteiger partial charge in [-0.3, -0.25) is 0 Å². The first kappa shape index (κ1) is 14.0. The fourth-order valence-corrected chi connectivity index (χ4v) is 2.12. The number of piperazine rings is 1. The summed E-state index contributed by atoms with van der Waals surface area (Å²) in [6.45, 7) is 6.67. The van der Waals surface area contributed by atoms with E-state index in [1.54, 1.807) is 6.20 Å². The second-order valence-corrected chi connectivity index (χ2v) is 5.01. The van der Waals surface area contributed by atoms with Crippen molar-refractivity contribution in [2.75, 3.05) is 63.6 Å². The molecule has 1 aromatic rings. The lowest BCUT2D eigenvalue weighted by molar-refractivity contribution is 0.240. The molecular formula is C13H24N6. The highest BCUT2D eigenvalue weighted by Crippen LogP contribution is 2.07. The Balaban J connectivity index is 1.68. The van der Waals surface area contributed by atoms with Gasteiger partial charge in [-0.25, -0.2) is 4.98 Å². The Kier molecular flexibility index (Phi) is 5.35. The van der Waals surface area contributed by atoms with Crippen molar-refractivity contribution in [2.24, 2.45) is 0 Å². The number of anilines is 2. The van der Waals surface area contributed by atoms with E-state index in [0.717, 1.165) is 57.5 Å². The summed E-state index contributed by atoms with van der Waals surface area (Å²) >= 11 is 0. The van der Waals surface area contributed by atoms with Crippen LogP contribution in [0.15, 0.2) is 12.3 Å². The molecule has 6 nitrogen and oxygen atoms in total. The lowest BCUT2D eigenvalue weighted by Crippen LogP contribution is -2.44. The summed E-state index contributed by atoms with van der Waals surface area (Å²) in [6, 6.07) is 1.91. The zero-order valence-electron chi connectivity index (χ0n) is 11.9. The Morgan fingerprint density at radius 3 is 2.89 bits per heavy atom. The van der Waals surface area contributed by atoms with E-state index in [-0.39, 0.29) is 0 Å². The van der Waals surface area contributed by atoms with Crippen LogP contribution >= 0.6 is 0 Å². The molecule has 19 heavy (non-hydrogen) atoms. The van der Waals surface area contributed by atoms with Gasteiger partial charge in [0.05, 0.1) is 0 Å². The molecule has 1 aliphatic heterocycles. The Morgan fingerprint density at radius 2 is 2.16 bits per heavy atom. The van der Waals surface area contributed by atoms with Crippen LogP contribution in [-0.2, 0) is 0 Å². The number of nitrogens with zero attached hydrogens (tertiary/aromatic N) is 4. The topological polar surface area (TPSA) is 56.3 Å². The zero-order chi connectivity index (χ0) is 13.5. The minimum atomic E-state index is 0.743. The van der Waals surface area contributed by atoms with E-state index in [1.807, 2.05) is 25.1 Å². The van der Waals surface area contributed by atoms with Crippen molar-refractivity contribution in [3.8, 4) is 0 Å². The van der Waals surface area contributed by atoms with Crippen LogP contribution in [0.1, 0.15) is 6.42 Å². The smallest absolute Gasteiger partial charge is 0.226 e. The van der Waals surface area contributed by atoms with Crippen molar-refractivity contribution >= 4 is 11.8 Å². The normalized spacial score (nSPS) is 16.3. The molecule has 0 amide bonds. The van der Waals surface area contributed by atoms with Gasteiger partial charge in [-0.15, -0.1) is 0 Å². The molecule has 2 heterocycles. The quantitative estimate of drug-likeness (QED) is 0.718. The van der Waals surface area contributed by atoms with Gasteiger partial charge in [0, 0.05) is 53.0 Å². The molecule has 2 N–H and O–H groups in total. The molecule has 106 valence electrons. The van der Waals surface area contributed by atoms with Crippen molar-refractivity contribution in [3.63, 3.8) is 0 Å². The van der Waals surface area contributed by atoms with E-state index < -0.39 is 0 Å². The van der Waals surface area contributed by atoms with Gasteiger partial charge in [0.25, 0.3) is 0 Å². The molecule has 0 aromatic carbocycles. The first-order chi connectivity index (χ1) is 9.25. The maximum absolute atomic E-state index is 4.44. The van der Waals surface area contributed by atoms with Crippen molar-refractivity contribution in [1.29, 1.82) is 0 Å². The summed E-state index contributed by atoms with van der Waals surface area (Å²) in [5.74, 6) is 1.64. The standard InChI is InChI=1S/C13H24N6/c1-18(2)13-16-6-4-12(17-13)15-5-3-9-19-10-7-14-8-11-19/h4,6,14H,3,5,7-11H2,1-2H3,(H,15,16,17). The Hall–Kier alpha value is -1.40. The van der Waals surface area contributed by atoms with Crippen LogP contribution in [-0.4, -0.2) is 68.2 Å². The molecule has 0 spiro atoms. The lowest BCUT2D eigenvalue weighted by Gasteiger charge is -2.27. The third-order valence-electron chi connectivity index (χ3n) is 3.21. The van der Waals surface area contributed by atoms with Crippen LogP contribution in [0.2, 0.25) is 0 Å². The molecule has 2 rings (SSSR count). The van der Waals surface area contributed by atoms with Crippen LogP contribution in [0.5, 0.6) is 0 Å². The minimum Gasteiger partial charge on any atom is -0.370 e. The maximum Gasteiger partial charge on any atom is 0.226 e. The lowest BCUT2D eigenvalue weighted by atomic mass is 10.3. The van der Waals surface area contributed by atoms with Gasteiger partial charge >= 0.3 is 0 Å². The minimum absolute atomic E-state index is 0.743. The molecule has 6 heteroatoms. The summed E-state index contributed by atoms with van der Waals surface area (Å²) in [7, 11) is 3.90. The van der Waals surface area contributed by atoms with Gasteiger partial charge < -0.3 is 20.4 Å². The van der Waals surface area contributed by atoms with Gasteiger partial charge in [-0.05, 0) is 19.0 Å². The van der Waals surface area contributed by atoms with E-state index in [4.69, 9.17) is 0 Å². The van der Waals surface area contributed by atoms with Crippen LogP contribution in [0, 0.1) is 0 Å². The average Bonchev–Trinajstić information content (AvgIpc) is 2.45. The summed E-state index contributed by atoms with van der Waals surface area (Å²) in [6.07, 6.45) is 2.93. The van der Waals surface area contributed by atoms with Crippen molar-refractivity contribution in [1.82, 2.24) is 20.2 Å². The highest BCUT2D eigenvalue weighted by molar-refractivity contribution is 5.40. The second kappa shape index (κ2) is 7.25. The van der Waals surface area contributed by atoms with Crippen molar-refractivity contribution in [3.05, 3.63) is 12.3 Å². The van der Waals surface area contributed by atoms with Crippen LogP contribution in [0.3, 0.4) is 0 Å². The molecule has 0 radical (unpaired) electrons. The maximum atomic E-state index is 4.44. The van der Waals surface area contributed by atoms with Crippen LogP contribution in [0.4, 0.5) is 11.8 Å². The van der Waals surface area contributed by atoms with Gasteiger partial charge in [0.1, 0.15) is 5.82 Å². The summed E-state index contributed by atoms with van der Waals surface area (Å²) in [5.41, 5.74) is 0. The largest absolute Gasteiger partial charge is 0.370 e. The second-order valence-electron chi connectivity index (χ2n) is 5.01. The predicted octanol–water partition coefficient (Wildman–Crippen LogP) is 0.250. The van der Waals surface area contributed by atoms with Crippen LogP contribution < -0.4 is 15.5 Å². The van der Waals surface area contributed by atoms with Crippen LogP contribution in [0.25, 0.3) is 0 Å². The molecular weight excluding hydrogens is 240 g/mol. The van der Waals surface area contributed by atoms with E-state index >= 15 is 0 Å². The van der Waals surface area contributed by atoms with E-state index in [0.29, 0.717) is 0 Å². The average molecular weight is 264 g/mol. The molecule has 0 unspecified atom stereocenters. The molecule has 0 saturated carbocycles. The van der Waals surface area contributed by atoms with Gasteiger partial charge in [-0.1, -0.05) is 0 Å². The van der Waals surface area contributed by atoms with Gasteiger partial charge in [0.2, 0.25) is 5.95 Å². The number of hydrogen-bond donors (Lipinski definition) is 2. The number of rotatable bonds is 6. The predicted molar refractivity (Wildman–Crippen MR) is 78.8 cm³/mol. The number of nitrogens with one attached hydrogen (secondary N) is 2. The Morgan fingerprint density at radius 1 is 1.37 bits per heavy atom. The number of aromatic nitrogens is 2. The van der Waals surface area contributed by atoms with Crippen molar-refractivity contribution < 1.29 is 0 Å². The highest BCUT2D eigenvalue weighted by Gasteiger charge is 2.08. The monoisotopic (exact) mass is 264 g/mol.